The van der Waals surface area contributed by atoms with Crippen molar-refractivity contribution < 1.29 is 4.79 Å². The molecule has 0 spiro atoms. The highest BCUT2D eigenvalue weighted by atomic mass is 16.2. The maximum atomic E-state index is 12.1. The molecule has 0 saturated carbocycles. The number of likely N-dealkylation sites (tertiary alicyclic amines) is 1. The van der Waals surface area contributed by atoms with Crippen molar-refractivity contribution in [2.45, 2.75) is 25.7 Å². The van der Waals surface area contributed by atoms with Gasteiger partial charge < -0.3 is 9.80 Å². The monoisotopic (exact) mass is 324 g/mol. The summed E-state index contributed by atoms with van der Waals surface area (Å²) in [5, 5.41) is 17.4. The fourth-order valence-corrected chi connectivity index (χ4v) is 3.18. The van der Waals surface area contributed by atoms with Crippen LogP contribution in [0.25, 0.3) is 0 Å². The molecule has 1 amide bonds. The minimum Gasteiger partial charge on any atom is -0.316 e. The standard InChI is InChI=1S/C19H24N4O/c20-9-14-23(15-10-21)19(24)8-13-22-11-6-18(7-12-22)16-17-4-2-1-3-5-17/h1-5,18H,6-8,11-16H2. The Labute approximate surface area is 144 Å². The van der Waals surface area contributed by atoms with Gasteiger partial charge in [-0.2, -0.15) is 10.5 Å². The smallest absolute Gasteiger partial charge is 0.225 e. The van der Waals surface area contributed by atoms with Gasteiger partial charge in [-0.15, -0.1) is 0 Å². The van der Waals surface area contributed by atoms with Gasteiger partial charge in [0.2, 0.25) is 5.91 Å². The lowest BCUT2D eigenvalue weighted by molar-refractivity contribution is -0.130. The Morgan fingerprint density at radius 2 is 1.75 bits per heavy atom. The van der Waals surface area contributed by atoms with Gasteiger partial charge >= 0.3 is 0 Å². The Morgan fingerprint density at radius 1 is 1.12 bits per heavy atom. The minimum absolute atomic E-state index is 0.00839. The van der Waals surface area contributed by atoms with Crippen molar-refractivity contribution in [1.29, 1.82) is 10.5 Å². The van der Waals surface area contributed by atoms with E-state index in [-0.39, 0.29) is 19.0 Å². The number of benzene rings is 1. The second-order valence-corrected chi connectivity index (χ2v) is 6.29. The third-order valence-corrected chi connectivity index (χ3v) is 4.59. The van der Waals surface area contributed by atoms with Crippen molar-refractivity contribution in [2.24, 2.45) is 5.92 Å². The Morgan fingerprint density at radius 3 is 2.33 bits per heavy atom. The summed E-state index contributed by atoms with van der Waals surface area (Å²) in [5.74, 6) is 0.609. The molecule has 1 saturated heterocycles. The van der Waals surface area contributed by atoms with Crippen LogP contribution in [0.5, 0.6) is 0 Å². The van der Waals surface area contributed by atoms with Crippen LogP contribution >= 0.6 is 0 Å². The van der Waals surface area contributed by atoms with E-state index < -0.39 is 0 Å². The van der Waals surface area contributed by atoms with Gasteiger partial charge in [0.25, 0.3) is 0 Å². The first-order valence-electron chi connectivity index (χ1n) is 8.51. The highest BCUT2D eigenvalue weighted by molar-refractivity contribution is 5.76. The molecule has 1 fully saturated rings. The number of amides is 1. The van der Waals surface area contributed by atoms with Gasteiger partial charge in [-0.1, -0.05) is 30.3 Å². The molecule has 0 atom stereocenters. The molecule has 5 nitrogen and oxygen atoms in total. The second-order valence-electron chi connectivity index (χ2n) is 6.29. The fraction of sp³-hybridized carbons (Fsp3) is 0.526. The number of hydrogen-bond acceptors (Lipinski definition) is 4. The normalized spacial score (nSPS) is 15.4. The van der Waals surface area contributed by atoms with Crippen LogP contribution in [0.3, 0.4) is 0 Å². The summed E-state index contributed by atoms with van der Waals surface area (Å²) >= 11 is 0. The van der Waals surface area contributed by atoms with Gasteiger partial charge in [-0.05, 0) is 43.8 Å². The third-order valence-electron chi connectivity index (χ3n) is 4.59. The third kappa shape index (κ3) is 5.68. The molecule has 1 aromatic carbocycles. The molecule has 1 aliphatic rings. The Balaban J connectivity index is 1.70. The van der Waals surface area contributed by atoms with Crippen LogP contribution in [0, 0.1) is 28.6 Å². The van der Waals surface area contributed by atoms with Gasteiger partial charge in [0.15, 0.2) is 0 Å². The molecule has 2 rings (SSSR count). The summed E-state index contributed by atoms with van der Waals surface area (Å²) in [5.41, 5.74) is 1.40. The topological polar surface area (TPSA) is 71.1 Å². The molecule has 1 heterocycles. The van der Waals surface area contributed by atoms with Crippen molar-refractivity contribution in [3.8, 4) is 12.1 Å². The van der Waals surface area contributed by atoms with Crippen molar-refractivity contribution in [3.05, 3.63) is 35.9 Å². The Hall–Kier alpha value is -2.37. The lowest BCUT2D eigenvalue weighted by atomic mass is 9.90. The van der Waals surface area contributed by atoms with Gasteiger partial charge in [0.1, 0.15) is 13.1 Å². The van der Waals surface area contributed by atoms with E-state index in [1.54, 1.807) is 0 Å². The highest BCUT2D eigenvalue weighted by Crippen LogP contribution is 2.21. The highest BCUT2D eigenvalue weighted by Gasteiger charge is 2.21. The fourth-order valence-electron chi connectivity index (χ4n) is 3.18. The first kappa shape index (κ1) is 18.0. The predicted molar refractivity (Wildman–Crippen MR) is 91.7 cm³/mol. The summed E-state index contributed by atoms with van der Waals surface area (Å²) < 4.78 is 0. The van der Waals surface area contributed by atoms with Crippen molar-refractivity contribution in [1.82, 2.24) is 9.80 Å². The molecule has 24 heavy (non-hydrogen) atoms. The second kappa shape index (κ2) is 9.70. The number of nitrogens with zero attached hydrogens (tertiary/aromatic N) is 4. The van der Waals surface area contributed by atoms with Gasteiger partial charge in [-0.25, -0.2) is 0 Å². The van der Waals surface area contributed by atoms with E-state index in [4.69, 9.17) is 10.5 Å². The van der Waals surface area contributed by atoms with Gasteiger partial charge in [0, 0.05) is 13.0 Å². The quantitative estimate of drug-likeness (QED) is 0.721. The maximum absolute atomic E-state index is 12.1. The van der Waals surface area contributed by atoms with Crippen molar-refractivity contribution in [3.63, 3.8) is 0 Å². The predicted octanol–water partition coefficient (Wildman–Crippen LogP) is 2.21. The Kier molecular flexibility index (Phi) is 7.26. The van der Waals surface area contributed by atoms with E-state index in [2.05, 4.69) is 29.2 Å². The summed E-state index contributed by atoms with van der Waals surface area (Å²) in [6.45, 7) is 2.73. The molecule has 0 radical (unpaired) electrons. The molecule has 0 aliphatic carbocycles. The maximum Gasteiger partial charge on any atom is 0.225 e. The SMILES string of the molecule is N#CCN(CC#N)C(=O)CCN1CCC(Cc2ccccc2)CC1. The van der Waals surface area contributed by atoms with E-state index in [0.29, 0.717) is 18.9 Å². The molecular formula is C19H24N4O. The van der Waals surface area contributed by atoms with E-state index >= 15 is 0 Å². The zero-order chi connectivity index (χ0) is 17.2. The van der Waals surface area contributed by atoms with Crippen LogP contribution in [0.2, 0.25) is 0 Å². The molecule has 0 aromatic heterocycles. The van der Waals surface area contributed by atoms with Gasteiger partial charge in [-0.3, -0.25) is 4.79 Å². The van der Waals surface area contributed by atoms with Crippen LogP contribution in [0.15, 0.2) is 30.3 Å². The molecule has 1 aliphatic heterocycles. The van der Waals surface area contributed by atoms with Crippen LogP contribution < -0.4 is 0 Å². The van der Waals surface area contributed by atoms with E-state index in [9.17, 15) is 4.79 Å². The number of piperidine rings is 1. The van der Waals surface area contributed by atoms with Gasteiger partial charge in [0.05, 0.1) is 12.1 Å². The van der Waals surface area contributed by atoms with E-state index in [1.807, 2.05) is 18.2 Å². The van der Waals surface area contributed by atoms with Crippen LogP contribution in [0.1, 0.15) is 24.8 Å². The molecule has 0 N–H and O–H groups in total. The summed E-state index contributed by atoms with van der Waals surface area (Å²) in [4.78, 5) is 15.7. The van der Waals surface area contributed by atoms with Crippen molar-refractivity contribution in [2.75, 3.05) is 32.7 Å². The van der Waals surface area contributed by atoms with Crippen LogP contribution in [-0.2, 0) is 11.2 Å². The van der Waals surface area contributed by atoms with E-state index in [1.165, 1.54) is 10.5 Å². The first-order valence-corrected chi connectivity index (χ1v) is 8.51. The average Bonchev–Trinajstić information content (AvgIpc) is 2.61. The van der Waals surface area contributed by atoms with Crippen LogP contribution in [0.4, 0.5) is 0 Å². The number of carbonyl (C=O) groups is 1. The summed E-state index contributed by atoms with van der Waals surface area (Å²) in [7, 11) is 0. The number of rotatable bonds is 7. The average molecular weight is 324 g/mol. The summed E-state index contributed by atoms with van der Waals surface area (Å²) in [6.07, 6.45) is 3.82. The largest absolute Gasteiger partial charge is 0.316 e. The molecule has 5 heteroatoms. The molecular weight excluding hydrogens is 300 g/mol. The lowest BCUT2D eigenvalue weighted by Gasteiger charge is -2.32. The molecule has 126 valence electrons. The Bertz CT molecular complexity index is 578. The first-order chi connectivity index (χ1) is 11.7. The van der Waals surface area contributed by atoms with Crippen molar-refractivity contribution >= 4 is 5.91 Å². The summed E-state index contributed by atoms with van der Waals surface area (Å²) in [6, 6.07) is 14.5. The zero-order valence-electron chi connectivity index (χ0n) is 14.0. The minimum atomic E-state index is -0.107. The number of hydrogen-bond donors (Lipinski definition) is 0. The number of nitriles is 2. The van der Waals surface area contributed by atoms with Crippen LogP contribution in [-0.4, -0.2) is 48.4 Å². The molecule has 0 unspecified atom stereocenters. The molecule has 1 aromatic rings. The van der Waals surface area contributed by atoms with E-state index in [0.717, 1.165) is 32.4 Å². The lowest BCUT2D eigenvalue weighted by Crippen LogP contribution is -2.38. The number of carbonyl (C=O) groups excluding carboxylic acids is 1. The molecule has 0 bridgehead atoms. The zero-order valence-corrected chi connectivity index (χ0v) is 14.0.